The Kier molecular flexibility index (Phi) is 3.80. The second kappa shape index (κ2) is 5.18. The third-order valence-corrected chi connectivity index (χ3v) is 3.13. The SMILES string of the molecule is NC(CCc1cccc(OC(F)(F)F)c1)C1CC1. The highest BCUT2D eigenvalue weighted by atomic mass is 19.4. The van der Waals surface area contributed by atoms with Crippen molar-refractivity contribution in [2.75, 3.05) is 0 Å². The van der Waals surface area contributed by atoms with Crippen LogP contribution in [0.4, 0.5) is 13.2 Å². The van der Waals surface area contributed by atoms with Crippen molar-refractivity contribution < 1.29 is 17.9 Å². The number of nitrogens with two attached hydrogens (primary N) is 1. The average molecular weight is 259 g/mol. The Hall–Kier alpha value is -1.23. The van der Waals surface area contributed by atoms with E-state index < -0.39 is 6.36 Å². The van der Waals surface area contributed by atoms with Crippen LogP contribution < -0.4 is 10.5 Å². The molecule has 1 aromatic rings. The minimum Gasteiger partial charge on any atom is -0.406 e. The summed E-state index contributed by atoms with van der Waals surface area (Å²) in [6.45, 7) is 0. The van der Waals surface area contributed by atoms with Gasteiger partial charge in [0.05, 0.1) is 0 Å². The number of hydrogen-bond donors (Lipinski definition) is 1. The number of alkyl halides is 3. The lowest BCUT2D eigenvalue weighted by Gasteiger charge is -2.12. The van der Waals surface area contributed by atoms with Crippen LogP contribution in [0.15, 0.2) is 24.3 Å². The zero-order chi connectivity index (χ0) is 13.2. The Bertz CT molecular complexity index is 401. The minimum absolute atomic E-state index is 0.164. The standard InChI is InChI=1S/C13H16F3NO/c14-13(15,16)18-11-3-1-2-9(8-11)4-7-12(17)10-5-6-10/h1-3,8,10,12H,4-7,17H2. The molecule has 0 spiro atoms. The molecule has 1 saturated carbocycles. The molecular weight excluding hydrogens is 243 g/mol. The summed E-state index contributed by atoms with van der Waals surface area (Å²) in [5, 5.41) is 0. The first-order valence-electron chi connectivity index (χ1n) is 6.04. The molecule has 2 rings (SSSR count). The summed E-state index contributed by atoms with van der Waals surface area (Å²) in [5.74, 6) is 0.444. The van der Waals surface area contributed by atoms with Crippen LogP contribution >= 0.6 is 0 Å². The highest BCUT2D eigenvalue weighted by molar-refractivity contribution is 5.28. The molecule has 0 aromatic heterocycles. The fourth-order valence-electron chi connectivity index (χ4n) is 1.99. The van der Waals surface area contributed by atoms with Crippen LogP contribution in [0.1, 0.15) is 24.8 Å². The summed E-state index contributed by atoms with van der Waals surface area (Å²) < 4.78 is 40.1. The van der Waals surface area contributed by atoms with Gasteiger partial charge >= 0.3 is 6.36 Å². The van der Waals surface area contributed by atoms with E-state index in [4.69, 9.17) is 5.73 Å². The van der Waals surface area contributed by atoms with Gasteiger partial charge in [-0.25, -0.2) is 0 Å². The lowest BCUT2D eigenvalue weighted by atomic mass is 10.0. The number of rotatable bonds is 5. The molecule has 1 aromatic carbocycles. The Morgan fingerprint density at radius 1 is 1.33 bits per heavy atom. The summed E-state index contributed by atoms with van der Waals surface area (Å²) in [6, 6.07) is 6.25. The first-order valence-corrected chi connectivity index (χ1v) is 6.04. The molecule has 1 aliphatic carbocycles. The van der Waals surface area contributed by atoms with E-state index in [1.165, 1.54) is 25.0 Å². The predicted molar refractivity (Wildman–Crippen MR) is 62.1 cm³/mol. The predicted octanol–water partition coefficient (Wildman–Crippen LogP) is 3.26. The van der Waals surface area contributed by atoms with Crippen LogP contribution in [0.3, 0.4) is 0 Å². The van der Waals surface area contributed by atoms with E-state index in [2.05, 4.69) is 4.74 Å². The average Bonchev–Trinajstić information content (AvgIpc) is 3.07. The molecule has 0 saturated heterocycles. The van der Waals surface area contributed by atoms with Crippen molar-refractivity contribution in [3.05, 3.63) is 29.8 Å². The molecule has 1 fully saturated rings. The second-order valence-corrected chi connectivity index (χ2v) is 4.74. The van der Waals surface area contributed by atoms with Gasteiger partial charge in [-0.2, -0.15) is 0 Å². The lowest BCUT2D eigenvalue weighted by molar-refractivity contribution is -0.274. The number of benzene rings is 1. The highest BCUT2D eigenvalue weighted by Gasteiger charge is 2.31. The molecule has 5 heteroatoms. The molecule has 2 N–H and O–H groups in total. The topological polar surface area (TPSA) is 35.2 Å². The van der Waals surface area contributed by atoms with Crippen molar-refractivity contribution in [1.82, 2.24) is 0 Å². The van der Waals surface area contributed by atoms with Gasteiger partial charge in [0, 0.05) is 6.04 Å². The van der Waals surface area contributed by atoms with E-state index in [0.717, 1.165) is 12.0 Å². The van der Waals surface area contributed by atoms with Crippen LogP contribution in [0, 0.1) is 5.92 Å². The normalized spacial score (nSPS) is 17.6. The summed E-state index contributed by atoms with van der Waals surface area (Å²) in [7, 11) is 0. The van der Waals surface area contributed by atoms with E-state index in [1.54, 1.807) is 12.1 Å². The van der Waals surface area contributed by atoms with Crippen LogP contribution in [-0.4, -0.2) is 12.4 Å². The molecule has 1 unspecified atom stereocenters. The number of halogens is 3. The molecule has 2 nitrogen and oxygen atoms in total. The molecule has 0 heterocycles. The Morgan fingerprint density at radius 3 is 2.67 bits per heavy atom. The van der Waals surface area contributed by atoms with Crippen molar-refractivity contribution >= 4 is 0 Å². The first-order chi connectivity index (χ1) is 8.44. The van der Waals surface area contributed by atoms with Crippen molar-refractivity contribution in [3.63, 3.8) is 0 Å². The van der Waals surface area contributed by atoms with E-state index in [-0.39, 0.29) is 11.8 Å². The summed E-state index contributed by atoms with van der Waals surface area (Å²) >= 11 is 0. The van der Waals surface area contributed by atoms with Crippen molar-refractivity contribution in [1.29, 1.82) is 0 Å². The van der Waals surface area contributed by atoms with Crippen molar-refractivity contribution in [2.45, 2.75) is 38.1 Å². The maximum Gasteiger partial charge on any atom is 0.573 e. The van der Waals surface area contributed by atoms with Gasteiger partial charge in [-0.1, -0.05) is 12.1 Å². The number of ether oxygens (including phenoxy) is 1. The molecule has 0 radical (unpaired) electrons. The molecule has 1 aliphatic rings. The molecule has 0 amide bonds. The van der Waals surface area contributed by atoms with Crippen molar-refractivity contribution in [2.24, 2.45) is 11.7 Å². The molecule has 1 atom stereocenters. The molecular formula is C13H16F3NO. The van der Waals surface area contributed by atoms with Crippen LogP contribution in [-0.2, 0) is 6.42 Å². The van der Waals surface area contributed by atoms with E-state index >= 15 is 0 Å². The van der Waals surface area contributed by atoms with Gasteiger partial charge in [0.25, 0.3) is 0 Å². The second-order valence-electron chi connectivity index (χ2n) is 4.74. The maximum absolute atomic E-state index is 12.1. The minimum atomic E-state index is -4.64. The first kappa shape index (κ1) is 13.2. The van der Waals surface area contributed by atoms with Crippen molar-refractivity contribution in [3.8, 4) is 5.75 Å². The third-order valence-electron chi connectivity index (χ3n) is 3.13. The van der Waals surface area contributed by atoms with Gasteiger partial charge in [-0.3, -0.25) is 0 Å². The molecule has 18 heavy (non-hydrogen) atoms. The van der Waals surface area contributed by atoms with E-state index in [1.807, 2.05) is 0 Å². The third kappa shape index (κ3) is 4.22. The van der Waals surface area contributed by atoms with Gasteiger partial charge < -0.3 is 10.5 Å². The van der Waals surface area contributed by atoms with E-state index in [9.17, 15) is 13.2 Å². The zero-order valence-corrected chi connectivity index (χ0v) is 9.91. The Balaban J connectivity index is 1.90. The maximum atomic E-state index is 12.1. The Labute approximate surface area is 104 Å². The highest BCUT2D eigenvalue weighted by Crippen LogP contribution is 2.33. The summed E-state index contributed by atoms with van der Waals surface area (Å²) in [5.41, 5.74) is 6.78. The van der Waals surface area contributed by atoms with E-state index in [0.29, 0.717) is 12.3 Å². The summed E-state index contributed by atoms with van der Waals surface area (Å²) in [4.78, 5) is 0. The lowest BCUT2D eigenvalue weighted by Crippen LogP contribution is -2.22. The van der Waals surface area contributed by atoms with Gasteiger partial charge in [0.2, 0.25) is 0 Å². The smallest absolute Gasteiger partial charge is 0.406 e. The van der Waals surface area contributed by atoms with Gasteiger partial charge in [-0.15, -0.1) is 13.2 Å². The summed E-state index contributed by atoms with van der Waals surface area (Å²) in [6.07, 6.45) is -0.785. The fraction of sp³-hybridized carbons (Fsp3) is 0.538. The fourth-order valence-corrected chi connectivity index (χ4v) is 1.99. The largest absolute Gasteiger partial charge is 0.573 e. The van der Waals surface area contributed by atoms with Crippen LogP contribution in [0.25, 0.3) is 0 Å². The van der Waals surface area contributed by atoms with Gasteiger partial charge in [0.15, 0.2) is 0 Å². The zero-order valence-electron chi connectivity index (χ0n) is 9.91. The van der Waals surface area contributed by atoms with Crippen LogP contribution in [0.5, 0.6) is 5.75 Å². The molecule has 0 aliphatic heterocycles. The van der Waals surface area contributed by atoms with Gasteiger partial charge in [-0.05, 0) is 49.3 Å². The Morgan fingerprint density at radius 2 is 2.06 bits per heavy atom. The number of aryl methyl sites for hydroxylation is 1. The van der Waals surface area contributed by atoms with Gasteiger partial charge in [0.1, 0.15) is 5.75 Å². The molecule has 0 bridgehead atoms. The monoisotopic (exact) mass is 259 g/mol. The quantitative estimate of drug-likeness (QED) is 0.881. The molecule has 100 valence electrons. The van der Waals surface area contributed by atoms with Crippen LogP contribution in [0.2, 0.25) is 0 Å². The number of hydrogen-bond acceptors (Lipinski definition) is 2.